The number of thiazole rings is 1. The number of hydrogen-bond donors (Lipinski definition) is 2. The van der Waals surface area contributed by atoms with Crippen LogP contribution in [-0.4, -0.2) is 23.0 Å². The molecule has 0 bridgehead atoms. The number of rotatable bonds is 5. The van der Waals surface area contributed by atoms with E-state index in [1.807, 2.05) is 5.38 Å². The minimum atomic E-state index is -0.344. The molecule has 18 heavy (non-hydrogen) atoms. The highest BCUT2D eigenvalue weighted by Crippen LogP contribution is 2.23. The predicted molar refractivity (Wildman–Crippen MR) is 73.6 cm³/mol. The van der Waals surface area contributed by atoms with E-state index in [0.717, 1.165) is 42.9 Å². The Bertz CT molecular complexity index is 410. The smallest absolute Gasteiger partial charge is 0.240 e. The number of amides is 1. The molecular formula is C13H21N3OS. The Labute approximate surface area is 112 Å². The summed E-state index contributed by atoms with van der Waals surface area (Å²) >= 11 is 1.66. The summed E-state index contributed by atoms with van der Waals surface area (Å²) in [6.07, 6.45) is 3.82. The molecule has 1 aromatic heterocycles. The predicted octanol–water partition coefficient (Wildman–Crippen LogP) is 1.85. The molecule has 0 aromatic carbocycles. The van der Waals surface area contributed by atoms with Crippen LogP contribution in [-0.2, 0) is 17.8 Å². The molecule has 1 amide bonds. The number of aryl methyl sites for hydroxylation is 1. The van der Waals surface area contributed by atoms with E-state index >= 15 is 0 Å². The van der Waals surface area contributed by atoms with Crippen LogP contribution in [0.25, 0.3) is 0 Å². The summed E-state index contributed by atoms with van der Waals surface area (Å²) < 4.78 is 0. The molecule has 1 fully saturated rings. The van der Waals surface area contributed by atoms with Gasteiger partial charge in [0.25, 0.3) is 0 Å². The van der Waals surface area contributed by atoms with Crippen LogP contribution in [0.1, 0.15) is 43.8 Å². The zero-order chi connectivity index (χ0) is 13.0. The van der Waals surface area contributed by atoms with Gasteiger partial charge >= 0.3 is 0 Å². The number of hydrogen-bond acceptors (Lipinski definition) is 4. The highest BCUT2D eigenvalue weighted by Gasteiger charge is 2.38. The molecule has 2 N–H and O–H groups in total. The maximum absolute atomic E-state index is 12.3. The molecule has 0 spiro atoms. The van der Waals surface area contributed by atoms with Gasteiger partial charge in [-0.1, -0.05) is 13.8 Å². The zero-order valence-electron chi connectivity index (χ0n) is 11.1. The van der Waals surface area contributed by atoms with Gasteiger partial charge in [0.15, 0.2) is 0 Å². The number of carbonyl (C=O) groups excluding carboxylic acids is 1. The second kappa shape index (κ2) is 5.80. The Morgan fingerprint density at radius 2 is 2.44 bits per heavy atom. The second-order valence-corrected chi connectivity index (χ2v) is 5.68. The van der Waals surface area contributed by atoms with E-state index in [0.29, 0.717) is 6.54 Å². The molecule has 2 rings (SSSR count). The normalized spacial score (nSPS) is 23.2. The molecule has 0 aliphatic carbocycles. The topological polar surface area (TPSA) is 54.0 Å². The van der Waals surface area contributed by atoms with Crippen LogP contribution in [0.4, 0.5) is 0 Å². The molecule has 100 valence electrons. The third-order valence-corrected chi connectivity index (χ3v) is 4.66. The SMILES string of the molecule is CCc1nc(CNC(=O)C2(CC)CCCN2)cs1. The molecule has 0 radical (unpaired) electrons. The maximum atomic E-state index is 12.3. The van der Waals surface area contributed by atoms with Crippen molar-refractivity contribution in [3.63, 3.8) is 0 Å². The van der Waals surface area contributed by atoms with Gasteiger partial charge in [-0.15, -0.1) is 11.3 Å². The monoisotopic (exact) mass is 267 g/mol. The Balaban J connectivity index is 1.91. The lowest BCUT2D eigenvalue weighted by molar-refractivity contribution is -0.127. The van der Waals surface area contributed by atoms with Crippen molar-refractivity contribution < 1.29 is 4.79 Å². The van der Waals surface area contributed by atoms with E-state index in [4.69, 9.17) is 0 Å². The van der Waals surface area contributed by atoms with Crippen molar-refractivity contribution in [2.45, 2.75) is 51.6 Å². The van der Waals surface area contributed by atoms with Crippen LogP contribution in [0, 0.1) is 0 Å². The molecule has 2 heterocycles. The lowest BCUT2D eigenvalue weighted by Gasteiger charge is -2.26. The molecular weight excluding hydrogens is 246 g/mol. The standard InChI is InChI=1S/C13H21N3OS/c1-3-11-16-10(9-18-11)8-14-12(17)13(4-2)6-5-7-15-13/h9,15H,3-8H2,1-2H3,(H,14,17). The summed E-state index contributed by atoms with van der Waals surface area (Å²) in [6.45, 7) is 5.64. The summed E-state index contributed by atoms with van der Waals surface area (Å²) in [5.74, 6) is 0.119. The summed E-state index contributed by atoms with van der Waals surface area (Å²) in [7, 11) is 0. The van der Waals surface area contributed by atoms with Crippen LogP contribution in [0.3, 0.4) is 0 Å². The zero-order valence-corrected chi connectivity index (χ0v) is 11.9. The minimum absolute atomic E-state index is 0.119. The highest BCUT2D eigenvalue weighted by atomic mass is 32.1. The number of carbonyl (C=O) groups is 1. The van der Waals surface area contributed by atoms with Crippen molar-refractivity contribution in [2.24, 2.45) is 0 Å². The van der Waals surface area contributed by atoms with Crippen LogP contribution in [0.5, 0.6) is 0 Å². The summed E-state index contributed by atoms with van der Waals surface area (Å²) in [5.41, 5.74) is 0.623. The van der Waals surface area contributed by atoms with Crippen LogP contribution < -0.4 is 10.6 Å². The van der Waals surface area contributed by atoms with Gasteiger partial charge in [0.05, 0.1) is 22.8 Å². The lowest BCUT2D eigenvalue weighted by atomic mass is 9.93. The quantitative estimate of drug-likeness (QED) is 0.856. The van der Waals surface area contributed by atoms with Crippen molar-refractivity contribution in [1.29, 1.82) is 0 Å². The van der Waals surface area contributed by atoms with Crippen molar-refractivity contribution in [3.8, 4) is 0 Å². The van der Waals surface area contributed by atoms with E-state index in [2.05, 4.69) is 29.5 Å². The average molecular weight is 267 g/mol. The van der Waals surface area contributed by atoms with Crippen molar-refractivity contribution in [3.05, 3.63) is 16.1 Å². The molecule has 1 atom stereocenters. The fourth-order valence-corrected chi connectivity index (χ4v) is 3.14. The number of nitrogens with zero attached hydrogens (tertiary/aromatic N) is 1. The third kappa shape index (κ3) is 2.72. The summed E-state index contributed by atoms with van der Waals surface area (Å²) in [4.78, 5) is 16.7. The minimum Gasteiger partial charge on any atom is -0.349 e. The number of nitrogens with one attached hydrogen (secondary N) is 2. The maximum Gasteiger partial charge on any atom is 0.240 e. The molecule has 1 aliphatic heterocycles. The van der Waals surface area contributed by atoms with E-state index < -0.39 is 0 Å². The van der Waals surface area contributed by atoms with Gasteiger partial charge < -0.3 is 10.6 Å². The highest BCUT2D eigenvalue weighted by molar-refractivity contribution is 7.09. The largest absolute Gasteiger partial charge is 0.349 e. The molecule has 1 aliphatic rings. The van der Waals surface area contributed by atoms with Gasteiger partial charge in [0, 0.05) is 5.38 Å². The Hall–Kier alpha value is -0.940. The molecule has 1 unspecified atom stereocenters. The molecule has 1 aromatic rings. The third-order valence-electron chi connectivity index (χ3n) is 3.61. The molecule has 5 heteroatoms. The first-order chi connectivity index (χ1) is 8.70. The first kappa shape index (κ1) is 13.5. The van der Waals surface area contributed by atoms with Crippen molar-refractivity contribution in [2.75, 3.05) is 6.54 Å². The van der Waals surface area contributed by atoms with Gasteiger partial charge in [0.1, 0.15) is 0 Å². The first-order valence-corrected chi connectivity index (χ1v) is 7.55. The van der Waals surface area contributed by atoms with Crippen LogP contribution in [0.2, 0.25) is 0 Å². The lowest BCUT2D eigenvalue weighted by Crippen LogP contribution is -2.52. The van der Waals surface area contributed by atoms with Gasteiger partial charge in [-0.25, -0.2) is 4.98 Å². The Morgan fingerprint density at radius 3 is 3.00 bits per heavy atom. The van der Waals surface area contributed by atoms with E-state index in [1.165, 1.54) is 0 Å². The van der Waals surface area contributed by atoms with E-state index in [1.54, 1.807) is 11.3 Å². The van der Waals surface area contributed by atoms with Crippen LogP contribution in [0.15, 0.2) is 5.38 Å². The van der Waals surface area contributed by atoms with Crippen molar-refractivity contribution in [1.82, 2.24) is 15.6 Å². The summed E-state index contributed by atoms with van der Waals surface area (Å²) in [6, 6.07) is 0. The molecule has 0 saturated carbocycles. The summed E-state index contributed by atoms with van der Waals surface area (Å²) in [5, 5.41) is 9.51. The van der Waals surface area contributed by atoms with E-state index in [-0.39, 0.29) is 11.4 Å². The molecule has 1 saturated heterocycles. The van der Waals surface area contributed by atoms with Crippen LogP contribution >= 0.6 is 11.3 Å². The van der Waals surface area contributed by atoms with Gasteiger partial charge in [-0.3, -0.25) is 4.79 Å². The number of aromatic nitrogens is 1. The fraction of sp³-hybridized carbons (Fsp3) is 0.692. The van der Waals surface area contributed by atoms with E-state index in [9.17, 15) is 4.79 Å². The Morgan fingerprint density at radius 1 is 1.61 bits per heavy atom. The first-order valence-electron chi connectivity index (χ1n) is 6.67. The van der Waals surface area contributed by atoms with Crippen molar-refractivity contribution >= 4 is 17.2 Å². The average Bonchev–Trinajstić information content (AvgIpc) is 3.05. The Kier molecular flexibility index (Phi) is 4.35. The molecule has 4 nitrogen and oxygen atoms in total. The van der Waals surface area contributed by atoms with Gasteiger partial charge in [0.2, 0.25) is 5.91 Å². The van der Waals surface area contributed by atoms with Gasteiger partial charge in [-0.05, 0) is 32.2 Å². The van der Waals surface area contributed by atoms with Gasteiger partial charge in [-0.2, -0.15) is 0 Å². The fourth-order valence-electron chi connectivity index (χ4n) is 2.39. The second-order valence-electron chi connectivity index (χ2n) is 4.73.